The quantitative estimate of drug-likeness (QED) is 0.433. The maximum Gasteiger partial charge on any atom is 0.329 e. The zero-order valence-electron chi connectivity index (χ0n) is 23.8. The van der Waals surface area contributed by atoms with Crippen molar-refractivity contribution in [1.82, 2.24) is 15.5 Å². The van der Waals surface area contributed by atoms with Gasteiger partial charge in [0.25, 0.3) is 0 Å². The number of amides is 3. The Morgan fingerprint density at radius 3 is 2.27 bits per heavy atom. The first-order chi connectivity index (χ1) is 19.1. The molecule has 9 nitrogen and oxygen atoms in total. The van der Waals surface area contributed by atoms with Crippen molar-refractivity contribution in [2.45, 2.75) is 83.5 Å². The van der Waals surface area contributed by atoms with Crippen LogP contribution in [0.4, 0.5) is 0 Å². The highest BCUT2D eigenvalue weighted by Crippen LogP contribution is 2.22. The maximum atomic E-state index is 13.6. The molecular weight excluding hydrogens is 510 g/mol. The molecule has 5 atom stereocenters. The van der Waals surface area contributed by atoms with Crippen LogP contribution >= 0.6 is 0 Å². The smallest absolute Gasteiger partial charge is 0.329 e. The molecule has 0 radical (unpaired) electrons. The van der Waals surface area contributed by atoms with Crippen LogP contribution in [0.5, 0.6) is 5.75 Å². The monoisotopic (exact) mass is 551 g/mol. The van der Waals surface area contributed by atoms with Gasteiger partial charge in [-0.05, 0) is 42.5 Å². The van der Waals surface area contributed by atoms with Crippen molar-refractivity contribution in [3.63, 3.8) is 0 Å². The fourth-order valence-electron chi connectivity index (χ4n) is 4.86. The number of nitrogens with zero attached hydrogens (tertiary/aromatic N) is 1. The molecule has 9 heteroatoms. The summed E-state index contributed by atoms with van der Waals surface area (Å²) in [7, 11) is 1.51. The van der Waals surface area contributed by atoms with Crippen LogP contribution in [0.2, 0.25) is 0 Å². The van der Waals surface area contributed by atoms with E-state index in [0.717, 1.165) is 30.4 Å². The highest BCUT2D eigenvalue weighted by atomic mass is 16.5. The van der Waals surface area contributed by atoms with E-state index in [1.807, 2.05) is 37.3 Å². The fraction of sp³-hybridized carbons (Fsp3) is 0.484. The van der Waals surface area contributed by atoms with E-state index in [9.17, 15) is 24.3 Å². The number of carbonyl (C=O) groups is 4. The number of benzene rings is 2. The topological polar surface area (TPSA) is 125 Å². The van der Waals surface area contributed by atoms with Crippen molar-refractivity contribution < 1.29 is 29.0 Å². The summed E-state index contributed by atoms with van der Waals surface area (Å²) in [6.45, 7) is 5.56. The van der Waals surface area contributed by atoms with E-state index < -0.39 is 47.9 Å². The van der Waals surface area contributed by atoms with Gasteiger partial charge < -0.3 is 25.4 Å². The van der Waals surface area contributed by atoms with Gasteiger partial charge in [0.1, 0.15) is 30.0 Å². The van der Waals surface area contributed by atoms with Crippen molar-refractivity contribution >= 4 is 23.7 Å². The molecule has 2 aromatic carbocycles. The second-order valence-corrected chi connectivity index (χ2v) is 10.7. The van der Waals surface area contributed by atoms with Gasteiger partial charge in [0.15, 0.2) is 0 Å². The summed E-state index contributed by atoms with van der Waals surface area (Å²) in [5, 5.41) is 15.2. The van der Waals surface area contributed by atoms with E-state index in [1.54, 1.807) is 19.1 Å². The normalized spacial score (nSPS) is 23.6. The molecule has 2 aromatic rings. The first-order valence-corrected chi connectivity index (χ1v) is 14.0. The van der Waals surface area contributed by atoms with Gasteiger partial charge in [-0.25, -0.2) is 4.79 Å². The molecule has 0 aromatic heterocycles. The molecule has 0 saturated carbocycles. The van der Waals surface area contributed by atoms with E-state index >= 15 is 0 Å². The number of esters is 1. The van der Waals surface area contributed by atoms with Crippen LogP contribution in [0.15, 0.2) is 54.6 Å². The zero-order chi connectivity index (χ0) is 29.2. The number of carbonyl (C=O) groups excluding carboxylic acids is 4. The molecule has 0 spiro atoms. The summed E-state index contributed by atoms with van der Waals surface area (Å²) in [4.78, 5) is 55.0. The summed E-state index contributed by atoms with van der Waals surface area (Å²) >= 11 is 0. The third-order valence-corrected chi connectivity index (χ3v) is 7.42. The first-order valence-electron chi connectivity index (χ1n) is 14.0. The van der Waals surface area contributed by atoms with Crippen LogP contribution in [0.1, 0.15) is 57.6 Å². The molecule has 0 unspecified atom stereocenters. The van der Waals surface area contributed by atoms with Gasteiger partial charge in [0.05, 0.1) is 6.42 Å². The molecule has 1 aliphatic heterocycles. The number of hydrogen-bond donors (Lipinski definition) is 3. The summed E-state index contributed by atoms with van der Waals surface area (Å²) in [6.07, 6.45) is 2.16. The molecule has 216 valence electrons. The third kappa shape index (κ3) is 8.56. The molecule has 3 rings (SSSR count). The van der Waals surface area contributed by atoms with Crippen LogP contribution in [-0.4, -0.2) is 65.0 Å². The molecule has 3 N–H and O–H groups in total. The molecule has 40 heavy (non-hydrogen) atoms. The molecule has 0 bridgehead atoms. The minimum Gasteiger partial charge on any atom is -0.508 e. The Morgan fingerprint density at radius 1 is 0.975 bits per heavy atom. The number of likely N-dealkylation sites (N-methyl/N-ethyl adjacent to an activating group) is 1. The number of cyclic esters (lactones) is 1. The minimum absolute atomic E-state index is 0.0860. The van der Waals surface area contributed by atoms with Crippen molar-refractivity contribution in [3.8, 4) is 5.75 Å². The van der Waals surface area contributed by atoms with E-state index in [0.29, 0.717) is 0 Å². The molecule has 3 amide bonds. The van der Waals surface area contributed by atoms with Gasteiger partial charge in [-0.2, -0.15) is 0 Å². The lowest BCUT2D eigenvalue weighted by molar-refractivity contribution is -0.162. The SMILES string of the molecule is CCCC[C@H](C)[C@H]1CC(=O)N[C@@H](Cc2ccccc2)C(=O)N[C@@H](C)C(=O)N(C)[C@H](Cc2ccc(O)cc2)C(=O)O1. The molecule has 1 heterocycles. The van der Waals surface area contributed by atoms with Crippen LogP contribution in [0.3, 0.4) is 0 Å². The van der Waals surface area contributed by atoms with Crippen molar-refractivity contribution in [3.05, 3.63) is 65.7 Å². The lowest BCUT2D eigenvalue weighted by atomic mass is 9.95. The average Bonchev–Trinajstić information content (AvgIpc) is 2.94. The largest absolute Gasteiger partial charge is 0.508 e. The number of unbranched alkanes of at least 4 members (excludes halogenated alkanes) is 1. The Hall–Kier alpha value is -3.88. The lowest BCUT2D eigenvalue weighted by Gasteiger charge is -2.31. The maximum absolute atomic E-state index is 13.6. The number of ether oxygens (including phenoxy) is 1. The van der Waals surface area contributed by atoms with E-state index in [4.69, 9.17) is 4.74 Å². The lowest BCUT2D eigenvalue weighted by Crippen LogP contribution is -2.55. The first kappa shape index (κ1) is 30.7. The number of aromatic hydroxyl groups is 1. The number of rotatable bonds is 8. The summed E-state index contributed by atoms with van der Waals surface area (Å²) in [6, 6.07) is 12.8. The number of phenols is 1. The number of hydrogen-bond acceptors (Lipinski definition) is 6. The molecule has 1 aliphatic rings. The van der Waals surface area contributed by atoms with Crippen molar-refractivity contribution in [2.24, 2.45) is 5.92 Å². The van der Waals surface area contributed by atoms with Crippen LogP contribution in [-0.2, 0) is 36.8 Å². The van der Waals surface area contributed by atoms with E-state index in [1.165, 1.54) is 24.1 Å². The summed E-state index contributed by atoms with van der Waals surface area (Å²) < 4.78 is 5.99. The standard InChI is InChI=1S/C31H41N3O6/c1-5-6-10-20(2)27-19-28(36)33-25(17-22-11-8-7-9-12-22)29(37)32-21(3)30(38)34(4)26(31(39)40-27)18-23-13-15-24(35)16-14-23/h7-9,11-16,20-21,25-27,35H,5-6,10,17-19H2,1-4H3,(H,32,37)(H,33,36)/t20-,21-,25-,26+,27+/m0/s1. The summed E-state index contributed by atoms with van der Waals surface area (Å²) in [5.41, 5.74) is 1.58. The Labute approximate surface area is 236 Å². The van der Waals surface area contributed by atoms with Crippen molar-refractivity contribution in [1.29, 1.82) is 0 Å². The van der Waals surface area contributed by atoms with Crippen LogP contribution < -0.4 is 10.6 Å². The molecule has 1 saturated heterocycles. The van der Waals surface area contributed by atoms with E-state index in [2.05, 4.69) is 17.6 Å². The predicted octanol–water partition coefficient (Wildman–Crippen LogP) is 3.14. The predicted molar refractivity (Wildman–Crippen MR) is 151 cm³/mol. The number of nitrogens with one attached hydrogen (secondary N) is 2. The number of phenolic OH excluding ortho intramolecular Hbond substituents is 1. The highest BCUT2D eigenvalue weighted by Gasteiger charge is 2.36. The van der Waals surface area contributed by atoms with Crippen LogP contribution in [0.25, 0.3) is 0 Å². The van der Waals surface area contributed by atoms with Gasteiger partial charge in [-0.3, -0.25) is 14.4 Å². The summed E-state index contributed by atoms with van der Waals surface area (Å²) in [5.74, 6) is -2.00. The Morgan fingerprint density at radius 2 is 1.62 bits per heavy atom. The van der Waals surface area contributed by atoms with Crippen molar-refractivity contribution in [2.75, 3.05) is 7.05 Å². The van der Waals surface area contributed by atoms with Gasteiger partial charge in [-0.1, -0.05) is 69.2 Å². The third-order valence-electron chi connectivity index (χ3n) is 7.42. The second-order valence-electron chi connectivity index (χ2n) is 10.7. The molecule has 0 aliphatic carbocycles. The Kier molecular flexibility index (Phi) is 11.1. The minimum atomic E-state index is -0.999. The molecular formula is C31H41N3O6. The van der Waals surface area contributed by atoms with Gasteiger partial charge in [0.2, 0.25) is 17.7 Å². The average molecular weight is 552 g/mol. The zero-order valence-corrected chi connectivity index (χ0v) is 23.8. The Bertz CT molecular complexity index is 1150. The second kappa shape index (κ2) is 14.5. The molecule has 1 fully saturated rings. The van der Waals surface area contributed by atoms with Gasteiger partial charge in [-0.15, -0.1) is 0 Å². The van der Waals surface area contributed by atoms with E-state index in [-0.39, 0.29) is 30.9 Å². The Balaban J connectivity index is 1.96. The highest BCUT2D eigenvalue weighted by molar-refractivity contribution is 5.94. The van der Waals surface area contributed by atoms with Gasteiger partial charge in [0, 0.05) is 19.9 Å². The fourth-order valence-corrected chi connectivity index (χ4v) is 4.86. The van der Waals surface area contributed by atoms with Gasteiger partial charge >= 0.3 is 5.97 Å². The van der Waals surface area contributed by atoms with Crippen LogP contribution in [0, 0.1) is 5.92 Å².